The highest BCUT2D eigenvalue weighted by Crippen LogP contribution is 2.31. The molecule has 11 nitrogen and oxygen atoms in total. The van der Waals surface area contributed by atoms with Gasteiger partial charge in [-0.1, -0.05) is 0 Å². The zero-order valence-electron chi connectivity index (χ0n) is 15.0. The normalized spacial score (nSPS) is 24.9. The number of rotatable bonds is 4. The van der Waals surface area contributed by atoms with Crippen molar-refractivity contribution in [1.82, 2.24) is 4.90 Å². The third-order valence-electron chi connectivity index (χ3n) is 3.24. The van der Waals surface area contributed by atoms with Crippen LogP contribution in [0, 0.1) is 0 Å². The number of carbonyl (C=O) groups excluding carboxylic acids is 5. The molecule has 1 aliphatic rings. The minimum atomic E-state index is -1.44. The maximum Gasteiger partial charge on any atom is 0.415 e. The molecule has 0 spiro atoms. The van der Waals surface area contributed by atoms with Crippen LogP contribution in [0.3, 0.4) is 0 Å². The summed E-state index contributed by atoms with van der Waals surface area (Å²) in [6, 6.07) is 0. The summed E-state index contributed by atoms with van der Waals surface area (Å²) in [7, 11) is 1.05. The minimum absolute atomic E-state index is 0.178. The fourth-order valence-corrected chi connectivity index (χ4v) is 2.52. The van der Waals surface area contributed by atoms with Gasteiger partial charge in [-0.3, -0.25) is 19.2 Å². The number of likely N-dealkylation sites (tertiary alicyclic amines) is 1. The van der Waals surface area contributed by atoms with E-state index < -0.39 is 54.6 Å². The second-order valence-corrected chi connectivity index (χ2v) is 5.41. The van der Waals surface area contributed by atoms with Crippen molar-refractivity contribution in [2.75, 3.05) is 7.11 Å². The molecule has 1 saturated heterocycles. The summed E-state index contributed by atoms with van der Waals surface area (Å²) < 4.78 is 25.0. The smallest absolute Gasteiger partial charge is 0.415 e. The SMILES string of the molecule is COC(=O)N1[C@@H](OC(C)=O)[C@@H](OC(C)=O)C[C@H](OC(C)=O)[C@@H]1OC(C)=O. The second kappa shape index (κ2) is 9.02. The highest BCUT2D eigenvalue weighted by atomic mass is 16.6. The topological polar surface area (TPSA) is 135 Å². The summed E-state index contributed by atoms with van der Waals surface area (Å²) in [6.07, 6.45) is -6.46. The molecular weight excluding hydrogens is 354 g/mol. The standard InChI is InChI=1S/C15H21NO10/c1-7(17)23-11-6-12(24-8(2)18)14(26-10(4)20)16(15(21)22-5)13(11)25-9(3)19/h11-14H,6H2,1-5H3/t11-,12-,13-,14-/m0/s1. The van der Waals surface area contributed by atoms with Gasteiger partial charge in [0, 0.05) is 34.1 Å². The number of carbonyl (C=O) groups is 5. The molecule has 0 radical (unpaired) electrons. The molecule has 0 aromatic carbocycles. The zero-order chi connectivity index (χ0) is 20.0. The van der Waals surface area contributed by atoms with Gasteiger partial charge in [-0.15, -0.1) is 0 Å². The van der Waals surface area contributed by atoms with Crippen molar-refractivity contribution in [3.8, 4) is 0 Å². The summed E-state index contributed by atoms with van der Waals surface area (Å²) in [4.78, 5) is 58.7. The average molecular weight is 375 g/mol. The van der Waals surface area contributed by atoms with E-state index >= 15 is 0 Å². The van der Waals surface area contributed by atoms with Crippen LogP contribution >= 0.6 is 0 Å². The molecule has 26 heavy (non-hydrogen) atoms. The highest BCUT2D eigenvalue weighted by Gasteiger charge is 2.52. The number of ether oxygens (including phenoxy) is 5. The van der Waals surface area contributed by atoms with E-state index in [1.807, 2.05) is 0 Å². The Labute approximate surface area is 149 Å². The molecule has 1 fully saturated rings. The minimum Gasteiger partial charge on any atom is -0.456 e. The molecule has 146 valence electrons. The van der Waals surface area contributed by atoms with Crippen molar-refractivity contribution < 1.29 is 47.7 Å². The molecule has 0 aromatic heterocycles. The quantitative estimate of drug-likeness (QED) is 0.492. The number of hydrogen-bond acceptors (Lipinski definition) is 10. The fourth-order valence-electron chi connectivity index (χ4n) is 2.52. The van der Waals surface area contributed by atoms with Gasteiger partial charge in [0.1, 0.15) is 0 Å². The molecule has 0 saturated carbocycles. The Morgan fingerprint density at radius 1 is 0.692 bits per heavy atom. The molecule has 4 atom stereocenters. The van der Waals surface area contributed by atoms with Crippen LogP contribution in [0.25, 0.3) is 0 Å². The average Bonchev–Trinajstić information content (AvgIpc) is 2.48. The fraction of sp³-hybridized carbons (Fsp3) is 0.667. The van der Waals surface area contributed by atoms with Crippen LogP contribution in [0.5, 0.6) is 0 Å². The molecule has 1 amide bonds. The number of methoxy groups -OCH3 is 1. The van der Waals surface area contributed by atoms with Gasteiger partial charge in [0.15, 0.2) is 12.2 Å². The molecule has 1 aliphatic heterocycles. The zero-order valence-corrected chi connectivity index (χ0v) is 15.0. The van der Waals surface area contributed by atoms with Crippen molar-refractivity contribution in [2.45, 2.75) is 58.8 Å². The van der Waals surface area contributed by atoms with Gasteiger partial charge in [-0.2, -0.15) is 0 Å². The molecule has 0 aromatic rings. The van der Waals surface area contributed by atoms with Crippen LogP contribution in [-0.4, -0.2) is 66.6 Å². The first-order valence-corrected chi connectivity index (χ1v) is 7.62. The lowest BCUT2D eigenvalue weighted by molar-refractivity contribution is -0.240. The monoisotopic (exact) mass is 375 g/mol. The lowest BCUT2D eigenvalue weighted by Crippen LogP contribution is -2.65. The van der Waals surface area contributed by atoms with E-state index in [4.69, 9.17) is 18.9 Å². The number of nitrogens with zero attached hydrogens (tertiary/aromatic N) is 1. The molecule has 1 heterocycles. The predicted molar refractivity (Wildman–Crippen MR) is 81.1 cm³/mol. The molecular formula is C15H21NO10. The maximum atomic E-state index is 12.3. The predicted octanol–water partition coefficient (Wildman–Crippen LogP) is 0.100. The maximum absolute atomic E-state index is 12.3. The molecule has 0 bridgehead atoms. The molecule has 0 N–H and O–H groups in total. The molecule has 0 aliphatic carbocycles. The van der Waals surface area contributed by atoms with Crippen molar-refractivity contribution in [3.63, 3.8) is 0 Å². The summed E-state index contributed by atoms with van der Waals surface area (Å²) in [5, 5.41) is 0. The van der Waals surface area contributed by atoms with Crippen LogP contribution in [0.15, 0.2) is 0 Å². The van der Waals surface area contributed by atoms with Gasteiger partial charge in [0.2, 0.25) is 12.5 Å². The number of hydrogen-bond donors (Lipinski definition) is 0. The van der Waals surface area contributed by atoms with Crippen LogP contribution in [-0.2, 0) is 42.9 Å². The Kier molecular flexibility index (Phi) is 7.35. The Bertz CT molecular complexity index is 547. The van der Waals surface area contributed by atoms with Crippen LogP contribution in [0.1, 0.15) is 34.1 Å². The Hall–Kier alpha value is -2.85. The number of amides is 1. The van der Waals surface area contributed by atoms with Crippen molar-refractivity contribution in [1.29, 1.82) is 0 Å². The first-order valence-electron chi connectivity index (χ1n) is 7.62. The Balaban J connectivity index is 3.37. The van der Waals surface area contributed by atoms with Gasteiger partial charge < -0.3 is 23.7 Å². The lowest BCUT2D eigenvalue weighted by atomic mass is 10.0. The van der Waals surface area contributed by atoms with E-state index in [0.717, 1.165) is 39.7 Å². The number of esters is 4. The van der Waals surface area contributed by atoms with Crippen molar-refractivity contribution in [2.24, 2.45) is 0 Å². The summed E-state index contributed by atoms with van der Waals surface area (Å²) in [5.74, 6) is -3.00. The van der Waals surface area contributed by atoms with Crippen molar-refractivity contribution >= 4 is 30.0 Å². The van der Waals surface area contributed by atoms with Crippen LogP contribution in [0.4, 0.5) is 4.79 Å². The Morgan fingerprint density at radius 3 is 1.31 bits per heavy atom. The lowest BCUT2D eigenvalue weighted by Gasteiger charge is -2.45. The van der Waals surface area contributed by atoms with Gasteiger partial charge in [-0.05, 0) is 0 Å². The van der Waals surface area contributed by atoms with Gasteiger partial charge in [0.05, 0.1) is 7.11 Å². The van der Waals surface area contributed by atoms with E-state index in [1.165, 1.54) is 0 Å². The first kappa shape index (κ1) is 21.2. The van der Waals surface area contributed by atoms with E-state index in [9.17, 15) is 24.0 Å². The summed E-state index contributed by atoms with van der Waals surface area (Å²) in [5.41, 5.74) is 0. The number of piperidine rings is 1. The van der Waals surface area contributed by atoms with Gasteiger partial charge in [0.25, 0.3) is 0 Å². The highest BCUT2D eigenvalue weighted by molar-refractivity contribution is 5.72. The van der Waals surface area contributed by atoms with E-state index in [2.05, 4.69) is 4.74 Å². The van der Waals surface area contributed by atoms with Crippen LogP contribution in [0.2, 0.25) is 0 Å². The van der Waals surface area contributed by atoms with E-state index in [1.54, 1.807) is 0 Å². The van der Waals surface area contributed by atoms with E-state index in [-0.39, 0.29) is 6.42 Å². The Morgan fingerprint density at radius 2 is 1.04 bits per heavy atom. The van der Waals surface area contributed by atoms with Crippen LogP contribution < -0.4 is 0 Å². The summed E-state index contributed by atoms with van der Waals surface area (Å²) >= 11 is 0. The van der Waals surface area contributed by atoms with Crippen molar-refractivity contribution in [3.05, 3.63) is 0 Å². The third kappa shape index (κ3) is 5.60. The van der Waals surface area contributed by atoms with Gasteiger partial charge >= 0.3 is 30.0 Å². The second-order valence-electron chi connectivity index (χ2n) is 5.41. The molecule has 1 rings (SSSR count). The van der Waals surface area contributed by atoms with Gasteiger partial charge in [-0.25, -0.2) is 9.69 Å². The first-order chi connectivity index (χ1) is 12.1. The molecule has 0 unspecified atom stereocenters. The third-order valence-corrected chi connectivity index (χ3v) is 3.24. The van der Waals surface area contributed by atoms with E-state index in [0.29, 0.717) is 0 Å². The summed E-state index contributed by atoms with van der Waals surface area (Å²) in [6.45, 7) is 4.40. The largest absolute Gasteiger partial charge is 0.456 e. The molecule has 11 heteroatoms.